The van der Waals surface area contributed by atoms with E-state index in [0.717, 1.165) is 42.6 Å². The molecule has 0 saturated carbocycles. The minimum absolute atomic E-state index is 0.0158. The zero-order valence-electron chi connectivity index (χ0n) is 14.2. The fourth-order valence-corrected chi connectivity index (χ4v) is 3.41. The first-order valence-electron chi connectivity index (χ1n) is 8.40. The van der Waals surface area contributed by atoms with Crippen molar-refractivity contribution in [1.82, 2.24) is 4.90 Å². The molecule has 2 aromatic carbocycles. The molecule has 1 amide bonds. The molecule has 1 atom stereocenters. The van der Waals surface area contributed by atoms with E-state index in [4.69, 9.17) is 0 Å². The van der Waals surface area contributed by atoms with Crippen LogP contribution in [0.2, 0.25) is 0 Å². The van der Waals surface area contributed by atoms with Crippen LogP contribution in [-0.2, 0) is 0 Å². The van der Waals surface area contributed by atoms with Crippen molar-refractivity contribution in [3.05, 3.63) is 65.5 Å². The maximum Gasteiger partial charge on any atom is 0.256 e. The molecule has 1 aliphatic heterocycles. The summed E-state index contributed by atoms with van der Waals surface area (Å²) in [6.45, 7) is 0.739. The number of hydrogen-bond acceptors (Lipinski definition) is 2. The number of carbonyl (C=O) groups excluding carboxylic acids is 1. The fraction of sp³-hybridized carbons (Fsp3) is 0.350. The number of piperidine rings is 1. The van der Waals surface area contributed by atoms with E-state index in [0.29, 0.717) is 0 Å². The summed E-state index contributed by atoms with van der Waals surface area (Å²) < 4.78 is 13.2. The van der Waals surface area contributed by atoms with Crippen molar-refractivity contribution >= 4 is 11.6 Å². The van der Waals surface area contributed by atoms with Crippen LogP contribution in [-0.4, -0.2) is 31.4 Å². The highest BCUT2D eigenvalue weighted by molar-refractivity contribution is 6.00. The molecule has 3 nitrogen and oxygen atoms in total. The first-order chi connectivity index (χ1) is 11.6. The number of hydrogen-bond donors (Lipinski definition) is 0. The predicted octanol–water partition coefficient (Wildman–Crippen LogP) is 4.26. The van der Waals surface area contributed by atoms with Gasteiger partial charge in [-0.25, -0.2) is 4.39 Å². The molecular formula is C20H23FN2O. The number of rotatable bonds is 3. The van der Waals surface area contributed by atoms with Crippen molar-refractivity contribution in [1.29, 1.82) is 0 Å². The van der Waals surface area contributed by atoms with Gasteiger partial charge in [-0.15, -0.1) is 0 Å². The Morgan fingerprint density at radius 2 is 1.79 bits per heavy atom. The molecule has 24 heavy (non-hydrogen) atoms. The maximum atomic E-state index is 13.2. The average Bonchev–Trinajstić information content (AvgIpc) is 2.62. The summed E-state index contributed by atoms with van der Waals surface area (Å²) >= 11 is 0. The Kier molecular flexibility index (Phi) is 4.84. The predicted molar refractivity (Wildman–Crippen MR) is 94.8 cm³/mol. The van der Waals surface area contributed by atoms with E-state index in [1.54, 1.807) is 12.1 Å². The highest BCUT2D eigenvalue weighted by Crippen LogP contribution is 2.33. The quantitative estimate of drug-likeness (QED) is 0.841. The van der Waals surface area contributed by atoms with Gasteiger partial charge in [0.25, 0.3) is 5.91 Å². The van der Waals surface area contributed by atoms with E-state index in [9.17, 15) is 9.18 Å². The number of likely N-dealkylation sites (tertiary alicyclic amines) is 1. The highest BCUT2D eigenvalue weighted by atomic mass is 19.1. The van der Waals surface area contributed by atoms with E-state index < -0.39 is 0 Å². The second kappa shape index (κ2) is 7.04. The van der Waals surface area contributed by atoms with Crippen molar-refractivity contribution in [2.24, 2.45) is 0 Å². The van der Waals surface area contributed by atoms with Crippen molar-refractivity contribution in [2.45, 2.75) is 25.3 Å². The topological polar surface area (TPSA) is 23.6 Å². The summed E-state index contributed by atoms with van der Waals surface area (Å²) in [6.07, 6.45) is 3.01. The van der Waals surface area contributed by atoms with Crippen LogP contribution >= 0.6 is 0 Å². The molecule has 0 radical (unpaired) electrons. The van der Waals surface area contributed by atoms with E-state index in [1.165, 1.54) is 12.1 Å². The minimum atomic E-state index is -0.245. The van der Waals surface area contributed by atoms with Gasteiger partial charge in [-0.05, 0) is 49.1 Å². The molecule has 1 aliphatic rings. The van der Waals surface area contributed by atoms with Gasteiger partial charge in [-0.3, -0.25) is 4.79 Å². The molecular weight excluding hydrogens is 303 g/mol. The van der Waals surface area contributed by atoms with Gasteiger partial charge in [0.1, 0.15) is 5.82 Å². The Morgan fingerprint density at radius 3 is 2.50 bits per heavy atom. The Balaban J connectivity index is 1.93. The summed E-state index contributed by atoms with van der Waals surface area (Å²) in [5.74, 6) is -0.196. The number of para-hydroxylation sites is 1. The van der Waals surface area contributed by atoms with Crippen molar-refractivity contribution in [2.75, 3.05) is 25.5 Å². The highest BCUT2D eigenvalue weighted by Gasteiger charge is 2.29. The Labute approximate surface area is 142 Å². The molecule has 0 unspecified atom stereocenters. The normalized spacial score (nSPS) is 17.6. The molecule has 1 saturated heterocycles. The third kappa shape index (κ3) is 3.28. The van der Waals surface area contributed by atoms with Gasteiger partial charge in [0.15, 0.2) is 0 Å². The molecule has 1 fully saturated rings. The summed E-state index contributed by atoms with van der Waals surface area (Å²) in [5, 5.41) is 0. The number of carbonyl (C=O) groups is 1. The van der Waals surface area contributed by atoms with Gasteiger partial charge >= 0.3 is 0 Å². The maximum absolute atomic E-state index is 13.2. The molecule has 126 valence electrons. The third-order valence-electron chi connectivity index (χ3n) is 4.63. The lowest BCUT2D eigenvalue weighted by atomic mass is 9.94. The number of amides is 1. The van der Waals surface area contributed by atoms with Crippen molar-refractivity contribution in [3.63, 3.8) is 0 Å². The molecule has 3 rings (SSSR count). The van der Waals surface area contributed by atoms with E-state index >= 15 is 0 Å². The molecule has 0 bridgehead atoms. The van der Waals surface area contributed by atoms with Crippen molar-refractivity contribution < 1.29 is 9.18 Å². The van der Waals surface area contributed by atoms with E-state index in [-0.39, 0.29) is 17.8 Å². The molecule has 2 aromatic rings. The fourth-order valence-electron chi connectivity index (χ4n) is 3.41. The molecule has 0 spiro atoms. The van der Waals surface area contributed by atoms with E-state index in [2.05, 4.69) is 0 Å². The van der Waals surface area contributed by atoms with Crippen LogP contribution in [0.5, 0.6) is 0 Å². The van der Waals surface area contributed by atoms with E-state index in [1.807, 2.05) is 48.2 Å². The number of halogens is 1. The second-order valence-electron chi connectivity index (χ2n) is 6.47. The number of anilines is 1. The molecule has 0 aliphatic carbocycles. The average molecular weight is 326 g/mol. The Bertz CT molecular complexity index is 712. The summed E-state index contributed by atoms with van der Waals surface area (Å²) in [4.78, 5) is 17.1. The summed E-state index contributed by atoms with van der Waals surface area (Å²) in [6, 6.07) is 14.2. The molecule has 4 heteroatoms. The zero-order chi connectivity index (χ0) is 17.1. The first kappa shape index (κ1) is 16.5. The van der Waals surface area contributed by atoms with Crippen LogP contribution in [0.1, 0.15) is 41.2 Å². The standard InChI is InChI=1S/C20H23FN2O/c1-22(2)19-9-4-3-7-17(19)20(24)23-14-6-5-8-18(23)15-10-12-16(21)13-11-15/h3-4,7,9-13,18H,5-6,8,14H2,1-2H3/t18-/m1/s1. The van der Waals surface area contributed by atoms with Crippen molar-refractivity contribution in [3.8, 4) is 0 Å². The van der Waals surface area contributed by atoms with Crippen LogP contribution in [0, 0.1) is 5.82 Å². The van der Waals surface area contributed by atoms with Gasteiger partial charge in [0, 0.05) is 26.3 Å². The summed E-state index contributed by atoms with van der Waals surface area (Å²) in [5.41, 5.74) is 2.65. The Morgan fingerprint density at radius 1 is 1.08 bits per heavy atom. The van der Waals surface area contributed by atoms with Crippen LogP contribution < -0.4 is 4.90 Å². The molecule has 0 N–H and O–H groups in total. The largest absolute Gasteiger partial charge is 0.377 e. The monoisotopic (exact) mass is 326 g/mol. The molecule has 0 aromatic heterocycles. The third-order valence-corrected chi connectivity index (χ3v) is 4.63. The first-order valence-corrected chi connectivity index (χ1v) is 8.40. The molecule has 1 heterocycles. The van der Waals surface area contributed by atoms with Gasteiger partial charge in [0.2, 0.25) is 0 Å². The van der Waals surface area contributed by atoms with Gasteiger partial charge in [-0.2, -0.15) is 0 Å². The number of benzene rings is 2. The van der Waals surface area contributed by atoms with Crippen LogP contribution in [0.15, 0.2) is 48.5 Å². The van der Waals surface area contributed by atoms with Crippen LogP contribution in [0.4, 0.5) is 10.1 Å². The van der Waals surface area contributed by atoms with Crippen LogP contribution in [0.25, 0.3) is 0 Å². The summed E-state index contributed by atoms with van der Waals surface area (Å²) in [7, 11) is 3.89. The van der Waals surface area contributed by atoms with Gasteiger partial charge in [-0.1, -0.05) is 24.3 Å². The minimum Gasteiger partial charge on any atom is -0.377 e. The lowest BCUT2D eigenvalue weighted by Gasteiger charge is -2.37. The van der Waals surface area contributed by atoms with Gasteiger partial charge < -0.3 is 9.80 Å². The smallest absolute Gasteiger partial charge is 0.256 e. The second-order valence-corrected chi connectivity index (χ2v) is 6.47. The van der Waals surface area contributed by atoms with Crippen LogP contribution in [0.3, 0.4) is 0 Å². The zero-order valence-corrected chi connectivity index (χ0v) is 14.2. The number of nitrogens with zero attached hydrogens (tertiary/aromatic N) is 2. The lowest BCUT2D eigenvalue weighted by molar-refractivity contribution is 0.0612. The Hall–Kier alpha value is -2.36. The van der Waals surface area contributed by atoms with Gasteiger partial charge in [0.05, 0.1) is 11.6 Å². The SMILES string of the molecule is CN(C)c1ccccc1C(=O)N1CCCC[C@@H]1c1ccc(F)cc1. The lowest BCUT2D eigenvalue weighted by Crippen LogP contribution is -2.39.